The number of ether oxygens (including phenoxy) is 1. The van der Waals surface area contributed by atoms with Crippen LogP contribution in [0.1, 0.15) is 42.1 Å². The van der Waals surface area contributed by atoms with E-state index in [0.717, 1.165) is 56.7 Å². The summed E-state index contributed by atoms with van der Waals surface area (Å²) in [5.41, 5.74) is 3.52. The molecule has 0 bridgehead atoms. The van der Waals surface area contributed by atoms with E-state index in [0.29, 0.717) is 5.92 Å². The van der Waals surface area contributed by atoms with Gasteiger partial charge in [0.15, 0.2) is 0 Å². The predicted molar refractivity (Wildman–Crippen MR) is 75.5 cm³/mol. The minimum absolute atomic E-state index is 0.326. The van der Waals surface area contributed by atoms with Crippen LogP contribution in [0, 0.1) is 12.8 Å². The molecule has 2 heterocycles. The van der Waals surface area contributed by atoms with Crippen LogP contribution in [0.4, 0.5) is 0 Å². The topological polar surface area (TPSA) is 41.5 Å². The molecule has 1 unspecified atom stereocenters. The van der Waals surface area contributed by atoms with Gasteiger partial charge in [-0.3, -0.25) is 0 Å². The second kappa shape index (κ2) is 5.51. The van der Waals surface area contributed by atoms with E-state index in [9.17, 15) is 5.11 Å². The molecule has 19 heavy (non-hydrogen) atoms. The van der Waals surface area contributed by atoms with Crippen molar-refractivity contribution in [1.29, 1.82) is 0 Å². The summed E-state index contributed by atoms with van der Waals surface area (Å²) in [6, 6.07) is 4.27. The summed E-state index contributed by atoms with van der Waals surface area (Å²) in [7, 11) is 0. The number of piperidine rings is 1. The van der Waals surface area contributed by atoms with Crippen LogP contribution in [0.3, 0.4) is 0 Å². The van der Waals surface area contributed by atoms with Gasteiger partial charge in [0.05, 0.1) is 12.7 Å². The lowest BCUT2D eigenvalue weighted by Gasteiger charge is -2.29. The Kier molecular flexibility index (Phi) is 3.76. The summed E-state index contributed by atoms with van der Waals surface area (Å²) in [6.45, 7) is 4.95. The van der Waals surface area contributed by atoms with E-state index < -0.39 is 0 Å². The van der Waals surface area contributed by atoms with Gasteiger partial charge in [0, 0.05) is 0 Å². The third-order valence-electron chi connectivity index (χ3n) is 4.38. The Bertz CT molecular complexity index is 452. The molecule has 1 aromatic rings. The van der Waals surface area contributed by atoms with Crippen LogP contribution >= 0.6 is 0 Å². The number of hydrogen-bond donors (Lipinski definition) is 2. The maximum atomic E-state index is 10.6. The number of benzene rings is 1. The summed E-state index contributed by atoms with van der Waals surface area (Å²) in [5.74, 6) is 1.44. The van der Waals surface area contributed by atoms with E-state index in [1.165, 1.54) is 11.1 Å². The normalized spacial score (nSPS) is 21.6. The van der Waals surface area contributed by atoms with Crippen LogP contribution in [0.2, 0.25) is 0 Å². The van der Waals surface area contributed by atoms with Gasteiger partial charge in [-0.2, -0.15) is 0 Å². The van der Waals surface area contributed by atoms with Crippen LogP contribution in [0.15, 0.2) is 12.1 Å². The second-order valence-corrected chi connectivity index (χ2v) is 5.81. The Labute approximate surface area is 115 Å². The standard InChI is InChI=1S/C16H23NO2/c1-11-9-14(10-13-3-2-8-19-16(11)13)15(18)12-4-6-17-7-5-12/h9-10,12,15,17-18H,2-8H2,1H3. The Hall–Kier alpha value is -1.06. The van der Waals surface area contributed by atoms with E-state index >= 15 is 0 Å². The highest BCUT2D eigenvalue weighted by molar-refractivity contribution is 5.45. The summed E-state index contributed by atoms with van der Waals surface area (Å²) < 4.78 is 5.74. The fraction of sp³-hybridized carbons (Fsp3) is 0.625. The Morgan fingerprint density at radius 3 is 2.89 bits per heavy atom. The van der Waals surface area contributed by atoms with Crippen molar-refractivity contribution in [2.75, 3.05) is 19.7 Å². The highest BCUT2D eigenvalue weighted by Crippen LogP contribution is 2.35. The molecule has 2 aliphatic rings. The number of hydrogen-bond acceptors (Lipinski definition) is 3. The monoisotopic (exact) mass is 261 g/mol. The van der Waals surface area contributed by atoms with Crippen LogP contribution in [-0.2, 0) is 6.42 Å². The van der Waals surface area contributed by atoms with Crippen molar-refractivity contribution >= 4 is 0 Å². The summed E-state index contributed by atoms with van der Waals surface area (Å²) >= 11 is 0. The smallest absolute Gasteiger partial charge is 0.125 e. The molecule has 1 aromatic carbocycles. The van der Waals surface area contributed by atoms with Gasteiger partial charge in [-0.1, -0.05) is 0 Å². The molecule has 0 saturated carbocycles. The molecule has 2 aliphatic heterocycles. The van der Waals surface area contributed by atoms with Crippen molar-refractivity contribution in [3.05, 3.63) is 28.8 Å². The van der Waals surface area contributed by atoms with E-state index in [2.05, 4.69) is 24.4 Å². The Balaban J connectivity index is 1.85. The van der Waals surface area contributed by atoms with Gasteiger partial charge in [-0.05, 0) is 80.4 Å². The van der Waals surface area contributed by atoms with E-state index in [1.807, 2.05) is 0 Å². The molecule has 0 spiro atoms. The van der Waals surface area contributed by atoms with Gasteiger partial charge in [0.1, 0.15) is 5.75 Å². The number of aliphatic hydroxyl groups excluding tert-OH is 1. The fourth-order valence-electron chi connectivity index (χ4n) is 3.31. The van der Waals surface area contributed by atoms with Crippen LogP contribution < -0.4 is 10.1 Å². The molecule has 3 heteroatoms. The molecule has 1 fully saturated rings. The van der Waals surface area contributed by atoms with Crippen molar-refractivity contribution in [3.63, 3.8) is 0 Å². The SMILES string of the molecule is Cc1cc(C(O)C2CCNCC2)cc2c1OCCC2. The maximum absolute atomic E-state index is 10.6. The zero-order chi connectivity index (χ0) is 13.2. The number of nitrogens with one attached hydrogen (secondary N) is 1. The van der Waals surface area contributed by atoms with Crippen molar-refractivity contribution in [2.24, 2.45) is 5.92 Å². The van der Waals surface area contributed by atoms with Gasteiger partial charge in [0.2, 0.25) is 0 Å². The molecule has 2 N–H and O–H groups in total. The van der Waals surface area contributed by atoms with Crippen molar-refractivity contribution < 1.29 is 9.84 Å². The first-order chi connectivity index (χ1) is 9.25. The van der Waals surface area contributed by atoms with Crippen LogP contribution in [-0.4, -0.2) is 24.8 Å². The molecular weight excluding hydrogens is 238 g/mol. The average Bonchev–Trinajstić information content (AvgIpc) is 2.47. The lowest BCUT2D eigenvalue weighted by Crippen LogP contribution is -2.31. The minimum Gasteiger partial charge on any atom is -0.493 e. The molecule has 3 nitrogen and oxygen atoms in total. The van der Waals surface area contributed by atoms with Crippen LogP contribution in [0.5, 0.6) is 5.75 Å². The second-order valence-electron chi connectivity index (χ2n) is 5.81. The van der Waals surface area contributed by atoms with Crippen LogP contribution in [0.25, 0.3) is 0 Å². The Morgan fingerprint density at radius 1 is 1.32 bits per heavy atom. The summed E-state index contributed by atoms with van der Waals surface area (Å²) in [5, 5.41) is 14.0. The molecule has 104 valence electrons. The van der Waals surface area contributed by atoms with Crippen molar-refractivity contribution in [3.8, 4) is 5.75 Å². The number of aliphatic hydroxyl groups is 1. The average molecular weight is 261 g/mol. The predicted octanol–water partition coefficient (Wildman–Crippen LogP) is 2.35. The number of aryl methyl sites for hydroxylation is 2. The van der Waals surface area contributed by atoms with Gasteiger partial charge in [-0.25, -0.2) is 0 Å². The molecule has 0 radical (unpaired) electrons. The third-order valence-corrected chi connectivity index (χ3v) is 4.38. The van der Waals surface area contributed by atoms with Gasteiger partial charge < -0.3 is 15.2 Å². The summed E-state index contributed by atoms with van der Waals surface area (Å²) in [6.07, 6.45) is 3.96. The lowest BCUT2D eigenvalue weighted by molar-refractivity contribution is 0.0887. The summed E-state index contributed by atoms with van der Waals surface area (Å²) in [4.78, 5) is 0. The van der Waals surface area contributed by atoms with E-state index in [1.54, 1.807) is 0 Å². The molecule has 3 rings (SSSR count). The molecule has 1 saturated heterocycles. The minimum atomic E-state index is -0.326. The maximum Gasteiger partial charge on any atom is 0.125 e. The molecule has 1 atom stereocenters. The van der Waals surface area contributed by atoms with Crippen molar-refractivity contribution in [1.82, 2.24) is 5.32 Å². The van der Waals surface area contributed by atoms with Gasteiger partial charge in [-0.15, -0.1) is 0 Å². The first-order valence-corrected chi connectivity index (χ1v) is 7.40. The van der Waals surface area contributed by atoms with Gasteiger partial charge >= 0.3 is 0 Å². The lowest BCUT2D eigenvalue weighted by atomic mass is 9.86. The zero-order valence-electron chi connectivity index (χ0n) is 11.6. The number of rotatable bonds is 2. The van der Waals surface area contributed by atoms with Crippen molar-refractivity contribution in [2.45, 2.75) is 38.7 Å². The molecule has 0 amide bonds. The van der Waals surface area contributed by atoms with E-state index in [-0.39, 0.29) is 6.10 Å². The quantitative estimate of drug-likeness (QED) is 0.858. The third kappa shape index (κ3) is 2.63. The fourth-order valence-corrected chi connectivity index (χ4v) is 3.31. The molecule has 0 aromatic heterocycles. The first kappa shape index (κ1) is 12.9. The number of fused-ring (bicyclic) bond motifs is 1. The molecule has 0 aliphatic carbocycles. The zero-order valence-corrected chi connectivity index (χ0v) is 11.6. The largest absolute Gasteiger partial charge is 0.493 e. The van der Waals surface area contributed by atoms with Gasteiger partial charge in [0.25, 0.3) is 0 Å². The highest BCUT2D eigenvalue weighted by atomic mass is 16.5. The van der Waals surface area contributed by atoms with E-state index in [4.69, 9.17) is 4.74 Å². The Morgan fingerprint density at radius 2 is 2.11 bits per heavy atom. The molecular formula is C16H23NO2. The first-order valence-electron chi connectivity index (χ1n) is 7.40. The highest BCUT2D eigenvalue weighted by Gasteiger charge is 2.25.